The molecule has 0 saturated heterocycles. The number of amides is 1. The lowest BCUT2D eigenvalue weighted by Crippen LogP contribution is -2.29. The molecular formula is C13H14F3NO2. The number of nitrogens with one attached hydrogen (secondary N) is 1. The molecule has 0 spiro atoms. The molecular weight excluding hydrogens is 259 g/mol. The summed E-state index contributed by atoms with van der Waals surface area (Å²) >= 11 is 0. The highest BCUT2D eigenvalue weighted by molar-refractivity contribution is 5.96. The van der Waals surface area contributed by atoms with Crippen LogP contribution < -0.4 is 5.32 Å². The SMILES string of the molecule is C=Cc1ccc(C(F)(F)F)c(C(=O)NCCOC)c1. The molecule has 1 aromatic rings. The average Bonchev–Trinajstić information content (AvgIpc) is 2.37. The van der Waals surface area contributed by atoms with Crippen molar-refractivity contribution in [3.8, 4) is 0 Å². The molecule has 0 aliphatic carbocycles. The van der Waals surface area contributed by atoms with Crippen molar-refractivity contribution in [3.05, 3.63) is 41.5 Å². The van der Waals surface area contributed by atoms with Gasteiger partial charge in [0.1, 0.15) is 0 Å². The Balaban J connectivity index is 3.07. The molecule has 0 saturated carbocycles. The fraction of sp³-hybridized carbons (Fsp3) is 0.308. The lowest BCUT2D eigenvalue weighted by atomic mass is 10.0. The Morgan fingerprint density at radius 2 is 2.16 bits per heavy atom. The third kappa shape index (κ3) is 4.10. The highest BCUT2D eigenvalue weighted by Gasteiger charge is 2.35. The van der Waals surface area contributed by atoms with E-state index >= 15 is 0 Å². The molecule has 104 valence electrons. The number of rotatable bonds is 5. The van der Waals surface area contributed by atoms with Gasteiger partial charge in [-0.25, -0.2) is 0 Å². The number of halogens is 3. The van der Waals surface area contributed by atoms with Crippen molar-refractivity contribution in [2.75, 3.05) is 20.3 Å². The molecule has 0 atom stereocenters. The minimum absolute atomic E-state index is 0.144. The Kier molecular flexibility index (Phi) is 5.11. The first-order valence-electron chi connectivity index (χ1n) is 5.51. The van der Waals surface area contributed by atoms with Crippen molar-refractivity contribution in [1.29, 1.82) is 0 Å². The third-order valence-corrected chi connectivity index (χ3v) is 2.42. The van der Waals surface area contributed by atoms with Gasteiger partial charge >= 0.3 is 6.18 Å². The summed E-state index contributed by atoms with van der Waals surface area (Å²) in [6.07, 6.45) is -3.19. The van der Waals surface area contributed by atoms with Crippen LogP contribution in [-0.2, 0) is 10.9 Å². The summed E-state index contributed by atoms with van der Waals surface area (Å²) < 4.78 is 43.1. The second-order valence-electron chi connectivity index (χ2n) is 3.76. The van der Waals surface area contributed by atoms with E-state index in [4.69, 9.17) is 4.74 Å². The number of benzene rings is 1. The molecule has 0 heterocycles. The van der Waals surface area contributed by atoms with Crippen LogP contribution in [0.4, 0.5) is 13.2 Å². The van der Waals surface area contributed by atoms with E-state index in [1.807, 2.05) is 0 Å². The largest absolute Gasteiger partial charge is 0.417 e. The van der Waals surface area contributed by atoms with Gasteiger partial charge in [0.25, 0.3) is 5.91 Å². The quantitative estimate of drug-likeness (QED) is 0.838. The maximum absolute atomic E-state index is 12.8. The van der Waals surface area contributed by atoms with Crippen LogP contribution in [0.25, 0.3) is 6.08 Å². The Hall–Kier alpha value is -1.82. The van der Waals surface area contributed by atoms with E-state index in [1.165, 1.54) is 19.3 Å². The maximum Gasteiger partial charge on any atom is 0.417 e. The number of alkyl halides is 3. The van der Waals surface area contributed by atoms with Gasteiger partial charge in [-0.3, -0.25) is 4.79 Å². The van der Waals surface area contributed by atoms with Gasteiger partial charge in [-0.05, 0) is 17.7 Å². The number of ether oxygens (including phenoxy) is 1. The molecule has 1 aromatic carbocycles. The van der Waals surface area contributed by atoms with E-state index in [9.17, 15) is 18.0 Å². The van der Waals surface area contributed by atoms with Crippen molar-refractivity contribution >= 4 is 12.0 Å². The molecule has 0 aliphatic heterocycles. The molecule has 1 rings (SSSR count). The maximum atomic E-state index is 12.8. The van der Waals surface area contributed by atoms with Gasteiger partial charge in [0.15, 0.2) is 0 Å². The highest BCUT2D eigenvalue weighted by Crippen LogP contribution is 2.32. The summed E-state index contributed by atoms with van der Waals surface area (Å²) in [7, 11) is 1.44. The Morgan fingerprint density at radius 1 is 1.47 bits per heavy atom. The second kappa shape index (κ2) is 6.38. The number of hydrogen-bond donors (Lipinski definition) is 1. The van der Waals surface area contributed by atoms with Crippen LogP contribution in [0, 0.1) is 0 Å². The molecule has 1 amide bonds. The van der Waals surface area contributed by atoms with Gasteiger partial charge in [0.2, 0.25) is 0 Å². The topological polar surface area (TPSA) is 38.3 Å². The Morgan fingerprint density at radius 3 is 2.68 bits per heavy atom. The summed E-state index contributed by atoms with van der Waals surface area (Å²) in [4.78, 5) is 11.8. The second-order valence-corrected chi connectivity index (χ2v) is 3.76. The van der Waals surface area contributed by atoms with Crippen molar-refractivity contribution in [2.24, 2.45) is 0 Å². The number of methoxy groups -OCH3 is 1. The Bertz CT molecular complexity index is 469. The third-order valence-electron chi connectivity index (χ3n) is 2.42. The molecule has 0 unspecified atom stereocenters. The first-order valence-corrected chi connectivity index (χ1v) is 5.51. The minimum Gasteiger partial charge on any atom is -0.383 e. The van der Waals surface area contributed by atoms with Crippen LogP contribution in [0.15, 0.2) is 24.8 Å². The van der Waals surface area contributed by atoms with Crippen molar-refractivity contribution in [2.45, 2.75) is 6.18 Å². The number of carbonyl (C=O) groups excluding carboxylic acids is 1. The summed E-state index contributed by atoms with van der Waals surface area (Å²) in [6, 6.07) is 3.31. The van der Waals surface area contributed by atoms with Gasteiger partial charge in [-0.2, -0.15) is 13.2 Å². The molecule has 19 heavy (non-hydrogen) atoms. The van der Waals surface area contributed by atoms with Crippen molar-refractivity contribution in [1.82, 2.24) is 5.32 Å². The van der Waals surface area contributed by atoms with E-state index < -0.39 is 23.2 Å². The van der Waals surface area contributed by atoms with Crippen LogP contribution in [0.3, 0.4) is 0 Å². The Labute approximate surface area is 109 Å². The fourth-order valence-corrected chi connectivity index (χ4v) is 1.49. The zero-order valence-corrected chi connectivity index (χ0v) is 10.4. The predicted molar refractivity (Wildman–Crippen MR) is 65.7 cm³/mol. The van der Waals surface area contributed by atoms with Crippen LogP contribution >= 0.6 is 0 Å². The predicted octanol–water partition coefficient (Wildman–Crippen LogP) is 2.72. The molecule has 0 aromatic heterocycles. The van der Waals surface area contributed by atoms with Gasteiger partial charge < -0.3 is 10.1 Å². The summed E-state index contributed by atoms with van der Waals surface area (Å²) in [6.45, 7) is 3.84. The van der Waals surface area contributed by atoms with Gasteiger partial charge in [0.05, 0.1) is 17.7 Å². The number of hydrogen-bond acceptors (Lipinski definition) is 2. The van der Waals surface area contributed by atoms with Crippen LogP contribution in [0.5, 0.6) is 0 Å². The van der Waals surface area contributed by atoms with Gasteiger partial charge in [-0.1, -0.05) is 18.7 Å². The van der Waals surface area contributed by atoms with Crippen LogP contribution in [0.1, 0.15) is 21.5 Å². The lowest BCUT2D eigenvalue weighted by molar-refractivity contribution is -0.137. The average molecular weight is 273 g/mol. The lowest BCUT2D eigenvalue weighted by Gasteiger charge is -2.13. The fourth-order valence-electron chi connectivity index (χ4n) is 1.49. The zero-order chi connectivity index (χ0) is 14.5. The van der Waals surface area contributed by atoms with Gasteiger partial charge in [-0.15, -0.1) is 0 Å². The highest BCUT2D eigenvalue weighted by atomic mass is 19.4. The van der Waals surface area contributed by atoms with E-state index in [-0.39, 0.29) is 13.2 Å². The molecule has 1 N–H and O–H groups in total. The standard InChI is InChI=1S/C13H14F3NO2/c1-3-9-4-5-11(13(14,15)16)10(8-9)12(18)17-6-7-19-2/h3-5,8H,1,6-7H2,2H3,(H,17,18). The molecule has 0 fully saturated rings. The monoisotopic (exact) mass is 273 g/mol. The van der Waals surface area contributed by atoms with Crippen LogP contribution in [0.2, 0.25) is 0 Å². The van der Waals surface area contributed by atoms with E-state index in [1.54, 1.807) is 0 Å². The van der Waals surface area contributed by atoms with Gasteiger partial charge in [0, 0.05) is 13.7 Å². The smallest absolute Gasteiger partial charge is 0.383 e. The molecule has 0 aliphatic rings. The van der Waals surface area contributed by atoms with E-state index in [0.717, 1.165) is 12.1 Å². The molecule has 0 bridgehead atoms. The number of carbonyl (C=O) groups is 1. The molecule has 6 heteroatoms. The molecule has 3 nitrogen and oxygen atoms in total. The minimum atomic E-state index is -4.58. The normalized spacial score (nSPS) is 11.2. The van der Waals surface area contributed by atoms with E-state index in [0.29, 0.717) is 5.56 Å². The first-order chi connectivity index (χ1) is 8.90. The van der Waals surface area contributed by atoms with Crippen molar-refractivity contribution in [3.63, 3.8) is 0 Å². The van der Waals surface area contributed by atoms with E-state index in [2.05, 4.69) is 11.9 Å². The summed E-state index contributed by atoms with van der Waals surface area (Å²) in [5.41, 5.74) is -0.932. The van der Waals surface area contributed by atoms with Crippen LogP contribution in [-0.4, -0.2) is 26.2 Å². The molecule has 0 radical (unpaired) electrons. The summed E-state index contributed by atoms with van der Waals surface area (Å²) in [5.74, 6) is -0.784. The van der Waals surface area contributed by atoms with Crippen molar-refractivity contribution < 1.29 is 22.7 Å². The zero-order valence-electron chi connectivity index (χ0n) is 10.4. The first kappa shape index (κ1) is 15.2. The summed E-state index contributed by atoms with van der Waals surface area (Å²) in [5, 5.41) is 2.37.